The minimum atomic E-state index is -0.919. The van der Waals surface area contributed by atoms with Crippen molar-refractivity contribution >= 4 is 28.7 Å². The number of ether oxygens (including phenoxy) is 1. The van der Waals surface area contributed by atoms with Gasteiger partial charge in [-0.05, 0) is 36.6 Å². The highest BCUT2D eigenvalue weighted by Crippen LogP contribution is 2.48. The van der Waals surface area contributed by atoms with Gasteiger partial charge in [0.05, 0.1) is 36.5 Å². The Morgan fingerprint density at radius 3 is 2.75 bits per heavy atom. The summed E-state index contributed by atoms with van der Waals surface area (Å²) in [7, 11) is 0. The monoisotopic (exact) mass is 400 g/mol. The first kappa shape index (κ1) is 17.3. The quantitative estimate of drug-likeness (QED) is 0.688. The molecule has 3 aromatic rings. The lowest BCUT2D eigenvalue weighted by molar-refractivity contribution is -0.0498. The van der Waals surface area contributed by atoms with E-state index in [0.29, 0.717) is 29.4 Å². The van der Waals surface area contributed by atoms with Crippen molar-refractivity contribution in [2.45, 2.75) is 24.4 Å². The third-order valence-corrected chi connectivity index (χ3v) is 5.87. The summed E-state index contributed by atoms with van der Waals surface area (Å²) in [4.78, 5) is 32.1. The Kier molecular flexibility index (Phi) is 3.75. The largest absolute Gasteiger partial charge is 0.465 e. The molecule has 1 unspecified atom stereocenters. The van der Waals surface area contributed by atoms with Crippen molar-refractivity contribution in [3.8, 4) is 5.69 Å². The summed E-state index contributed by atoms with van der Waals surface area (Å²) in [6.07, 6.45) is 2.08. The zero-order valence-electron chi connectivity index (χ0n) is 14.8. The van der Waals surface area contributed by atoms with E-state index in [1.165, 1.54) is 6.33 Å². The SMILES string of the molecule is O=C(O)N1C(c2ccc(-n3c(Cl)cc4c(=O)[nH]cnc43)cc2)COCC12CC2. The van der Waals surface area contributed by atoms with Gasteiger partial charge in [-0.15, -0.1) is 0 Å². The number of amides is 1. The van der Waals surface area contributed by atoms with Crippen LogP contribution in [-0.2, 0) is 4.74 Å². The van der Waals surface area contributed by atoms with Crippen LogP contribution in [0.1, 0.15) is 24.4 Å². The Hall–Kier alpha value is -2.84. The van der Waals surface area contributed by atoms with Crippen LogP contribution in [0.4, 0.5) is 4.79 Å². The van der Waals surface area contributed by atoms with Crippen LogP contribution < -0.4 is 5.56 Å². The van der Waals surface area contributed by atoms with Crippen molar-refractivity contribution < 1.29 is 14.6 Å². The molecule has 1 spiro atoms. The van der Waals surface area contributed by atoms with Crippen molar-refractivity contribution in [2.24, 2.45) is 0 Å². The van der Waals surface area contributed by atoms with Gasteiger partial charge in [-0.1, -0.05) is 23.7 Å². The predicted molar refractivity (Wildman–Crippen MR) is 102 cm³/mol. The molecule has 9 heteroatoms. The van der Waals surface area contributed by atoms with Gasteiger partial charge in [0.2, 0.25) is 0 Å². The average Bonchev–Trinajstić information content (AvgIpc) is 3.34. The van der Waals surface area contributed by atoms with Crippen molar-refractivity contribution in [3.63, 3.8) is 0 Å². The Morgan fingerprint density at radius 2 is 2.07 bits per heavy atom. The molecule has 3 heterocycles. The predicted octanol–water partition coefficient (Wildman–Crippen LogP) is 2.95. The molecule has 1 saturated heterocycles. The zero-order valence-corrected chi connectivity index (χ0v) is 15.5. The number of hydrogen-bond acceptors (Lipinski definition) is 4. The molecule has 2 aromatic heterocycles. The molecule has 8 nitrogen and oxygen atoms in total. The minimum Gasteiger partial charge on any atom is -0.465 e. The number of carbonyl (C=O) groups is 1. The van der Waals surface area contributed by atoms with E-state index in [1.807, 2.05) is 24.3 Å². The Balaban J connectivity index is 1.53. The highest BCUT2D eigenvalue weighted by molar-refractivity contribution is 6.31. The number of aromatic amines is 1. The number of carboxylic acid groups (broad SMARTS) is 1. The molecule has 1 saturated carbocycles. The molecule has 2 N–H and O–H groups in total. The number of morpholine rings is 1. The lowest BCUT2D eigenvalue weighted by Gasteiger charge is -2.41. The first-order valence-electron chi connectivity index (χ1n) is 8.95. The number of halogens is 1. The van der Waals surface area contributed by atoms with Crippen molar-refractivity contribution in [1.82, 2.24) is 19.4 Å². The van der Waals surface area contributed by atoms with Gasteiger partial charge in [-0.25, -0.2) is 9.78 Å². The molecule has 2 fully saturated rings. The number of aromatic nitrogens is 3. The number of benzene rings is 1. The Bertz CT molecular complexity index is 1130. The molecular formula is C19H17ClN4O4. The second-order valence-corrected chi connectivity index (χ2v) is 7.66. The molecule has 1 aliphatic carbocycles. The molecule has 0 bridgehead atoms. The Morgan fingerprint density at radius 1 is 1.32 bits per heavy atom. The topological polar surface area (TPSA) is 100 Å². The molecule has 1 aromatic carbocycles. The lowest BCUT2D eigenvalue weighted by atomic mass is 10.0. The fourth-order valence-corrected chi connectivity index (χ4v) is 4.32. The third kappa shape index (κ3) is 2.52. The van der Waals surface area contributed by atoms with Crippen molar-refractivity contribution in [3.05, 3.63) is 57.7 Å². The first-order chi connectivity index (χ1) is 13.5. The molecule has 144 valence electrons. The van der Waals surface area contributed by atoms with E-state index in [2.05, 4.69) is 9.97 Å². The third-order valence-electron chi connectivity index (χ3n) is 5.60. The molecular weight excluding hydrogens is 384 g/mol. The van der Waals surface area contributed by atoms with E-state index in [0.717, 1.165) is 24.1 Å². The molecule has 1 aliphatic heterocycles. The Labute approximate surface area is 164 Å². The van der Waals surface area contributed by atoms with E-state index in [4.69, 9.17) is 16.3 Å². The summed E-state index contributed by atoms with van der Waals surface area (Å²) in [6.45, 7) is 0.788. The number of hydrogen-bond donors (Lipinski definition) is 2. The van der Waals surface area contributed by atoms with Crippen LogP contribution in [0.2, 0.25) is 5.15 Å². The number of rotatable bonds is 2. The average molecular weight is 401 g/mol. The van der Waals surface area contributed by atoms with Crippen molar-refractivity contribution in [2.75, 3.05) is 13.2 Å². The fraction of sp³-hybridized carbons (Fsp3) is 0.316. The van der Waals surface area contributed by atoms with Crippen LogP contribution >= 0.6 is 11.6 Å². The summed E-state index contributed by atoms with van der Waals surface area (Å²) in [5, 5.41) is 10.5. The van der Waals surface area contributed by atoms with Crippen LogP contribution in [0.5, 0.6) is 0 Å². The summed E-state index contributed by atoms with van der Waals surface area (Å²) in [5.74, 6) is 0. The van der Waals surface area contributed by atoms with E-state index in [9.17, 15) is 14.7 Å². The fourth-order valence-electron chi connectivity index (χ4n) is 4.03. The summed E-state index contributed by atoms with van der Waals surface area (Å²) >= 11 is 6.34. The van der Waals surface area contributed by atoms with Crippen LogP contribution in [0.15, 0.2) is 41.5 Å². The second-order valence-electron chi connectivity index (χ2n) is 7.27. The van der Waals surface area contributed by atoms with E-state index in [-0.39, 0.29) is 17.1 Å². The van der Waals surface area contributed by atoms with Gasteiger partial charge >= 0.3 is 6.09 Å². The van der Waals surface area contributed by atoms with Gasteiger partial charge in [0.15, 0.2) is 5.65 Å². The number of nitrogens with zero attached hydrogens (tertiary/aromatic N) is 3. The van der Waals surface area contributed by atoms with Crippen LogP contribution in [0.3, 0.4) is 0 Å². The molecule has 28 heavy (non-hydrogen) atoms. The number of nitrogens with one attached hydrogen (secondary N) is 1. The smallest absolute Gasteiger partial charge is 0.408 e. The summed E-state index contributed by atoms with van der Waals surface area (Å²) in [6, 6.07) is 8.66. The van der Waals surface area contributed by atoms with Crippen LogP contribution in [0, 0.1) is 0 Å². The van der Waals surface area contributed by atoms with Gasteiger partial charge in [0.1, 0.15) is 5.15 Å². The highest BCUT2D eigenvalue weighted by atomic mass is 35.5. The van der Waals surface area contributed by atoms with Gasteiger partial charge in [0.25, 0.3) is 5.56 Å². The van der Waals surface area contributed by atoms with E-state index < -0.39 is 6.09 Å². The summed E-state index contributed by atoms with van der Waals surface area (Å²) < 4.78 is 7.39. The van der Waals surface area contributed by atoms with Crippen LogP contribution in [0.25, 0.3) is 16.7 Å². The maximum atomic E-state index is 12.0. The van der Waals surface area contributed by atoms with Gasteiger partial charge in [-0.2, -0.15) is 0 Å². The summed E-state index contributed by atoms with van der Waals surface area (Å²) in [5.41, 5.74) is 1.43. The highest BCUT2D eigenvalue weighted by Gasteiger charge is 2.55. The van der Waals surface area contributed by atoms with Gasteiger partial charge in [0, 0.05) is 5.69 Å². The minimum absolute atomic E-state index is 0.256. The number of H-pyrrole nitrogens is 1. The molecule has 1 atom stereocenters. The molecule has 5 rings (SSSR count). The molecule has 1 amide bonds. The second kappa shape index (κ2) is 6.08. The molecule has 0 radical (unpaired) electrons. The van der Waals surface area contributed by atoms with E-state index >= 15 is 0 Å². The first-order valence-corrected chi connectivity index (χ1v) is 9.33. The van der Waals surface area contributed by atoms with Gasteiger partial charge in [-0.3, -0.25) is 14.3 Å². The lowest BCUT2D eigenvalue weighted by Crippen LogP contribution is -2.51. The van der Waals surface area contributed by atoms with Crippen molar-refractivity contribution in [1.29, 1.82) is 0 Å². The zero-order chi connectivity index (χ0) is 19.5. The van der Waals surface area contributed by atoms with E-state index in [1.54, 1.807) is 15.5 Å². The maximum absolute atomic E-state index is 12.0. The van der Waals surface area contributed by atoms with Gasteiger partial charge < -0.3 is 14.8 Å². The number of fused-ring (bicyclic) bond motifs is 1. The maximum Gasteiger partial charge on any atom is 0.408 e. The normalized spacial score (nSPS) is 20.6. The standard InChI is InChI=1S/C19H17ClN4O4/c20-15-7-13-16(21-10-22-17(13)25)23(15)12-3-1-11(2-4-12)14-8-28-9-19(5-6-19)24(14)18(26)27/h1-4,7,10,14H,5-6,8-9H2,(H,26,27)(H,21,22,25). The van der Waals surface area contributed by atoms with Crippen LogP contribution in [-0.4, -0.2) is 49.4 Å². The molecule has 2 aliphatic rings.